The summed E-state index contributed by atoms with van der Waals surface area (Å²) in [6, 6.07) is 8.41. The van der Waals surface area contributed by atoms with Gasteiger partial charge in [-0.25, -0.2) is 0 Å². The van der Waals surface area contributed by atoms with Crippen LogP contribution < -0.4 is 0 Å². The Labute approximate surface area is 138 Å². The van der Waals surface area contributed by atoms with E-state index < -0.39 is 17.9 Å². The topological polar surface area (TPSA) is 77.9 Å². The molecule has 1 aromatic carbocycles. The Hall–Kier alpha value is -2.02. The number of rotatable bonds is 3. The van der Waals surface area contributed by atoms with Crippen molar-refractivity contribution in [3.05, 3.63) is 35.9 Å². The maximum Gasteiger partial charge on any atom is 0.308 e. The Morgan fingerprint density at radius 1 is 1.17 bits per heavy atom. The van der Waals surface area contributed by atoms with Crippen LogP contribution in [0.3, 0.4) is 0 Å². The van der Waals surface area contributed by atoms with E-state index in [0.717, 1.165) is 0 Å². The molecule has 0 saturated carbocycles. The first kappa shape index (κ1) is 15.9. The van der Waals surface area contributed by atoms with Crippen LogP contribution in [0.25, 0.3) is 0 Å². The van der Waals surface area contributed by atoms with Crippen molar-refractivity contribution in [3.8, 4) is 0 Å². The summed E-state index contributed by atoms with van der Waals surface area (Å²) in [5.74, 6) is -0.595. The lowest BCUT2D eigenvalue weighted by molar-refractivity contribution is -0.141. The van der Waals surface area contributed by atoms with E-state index in [4.69, 9.17) is 5.11 Å². The fraction of sp³-hybridized carbons (Fsp3) is 0.438. The van der Waals surface area contributed by atoms with Gasteiger partial charge in [0.1, 0.15) is 6.04 Å². The quantitative estimate of drug-likeness (QED) is 0.897. The molecule has 0 radical (unpaired) electrons. The summed E-state index contributed by atoms with van der Waals surface area (Å²) in [5.41, 5.74) is 0.567. The van der Waals surface area contributed by atoms with Crippen molar-refractivity contribution in [3.63, 3.8) is 0 Å². The summed E-state index contributed by atoms with van der Waals surface area (Å²) in [6.45, 7) is 0.688. The number of benzene rings is 1. The van der Waals surface area contributed by atoms with Crippen LogP contribution >= 0.6 is 11.8 Å². The molecule has 2 atom stereocenters. The van der Waals surface area contributed by atoms with Gasteiger partial charge in [0.25, 0.3) is 5.91 Å². The number of amides is 2. The van der Waals surface area contributed by atoms with E-state index in [1.54, 1.807) is 45.8 Å². The van der Waals surface area contributed by atoms with Crippen molar-refractivity contribution in [2.75, 3.05) is 24.7 Å². The second kappa shape index (κ2) is 6.62. The number of carboxylic acids is 1. The number of hydrogen-bond acceptors (Lipinski definition) is 4. The third-order valence-corrected chi connectivity index (χ3v) is 5.31. The molecule has 2 aliphatic heterocycles. The summed E-state index contributed by atoms with van der Waals surface area (Å²) in [7, 11) is 0. The molecule has 122 valence electrons. The molecule has 2 saturated heterocycles. The lowest BCUT2D eigenvalue weighted by Gasteiger charge is -2.27. The summed E-state index contributed by atoms with van der Waals surface area (Å²) < 4.78 is 0. The molecule has 2 unspecified atom stereocenters. The Kier molecular flexibility index (Phi) is 4.56. The molecule has 0 aromatic heterocycles. The molecule has 2 fully saturated rings. The van der Waals surface area contributed by atoms with E-state index in [9.17, 15) is 14.4 Å². The van der Waals surface area contributed by atoms with Gasteiger partial charge in [-0.15, -0.1) is 11.8 Å². The van der Waals surface area contributed by atoms with Crippen LogP contribution in [0.1, 0.15) is 16.8 Å². The molecule has 7 heteroatoms. The van der Waals surface area contributed by atoms with Crippen LogP contribution in [0.2, 0.25) is 0 Å². The lowest BCUT2D eigenvalue weighted by Crippen LogP contribution is -2.48. The molecule has 0 spiro atoms. The van der Waals surface area contributed by atoms with Gasteiger partial charge in [0.05, 0.1) is 11.8 Å². The predicted molar refractivity (Wildman–Crippen MR) is 86.0 cm³/mol. The molecule has 0 aliphatic carbocycles. The molecular weight excluding hydrogens is 316 g/mol. The van der Waals surface area contributed by atoms with E-state index in [1.165, 1.54) is 0 Å². The molecule has 2 amide bonds. The van der Waals surface area contributed by atoms with Gasteiger partial charge in [0.15, 0.2) is 0 Å². The Balaban J connectivity index is 1.71. The van der Waals surface area contributed by atoms with Gasteiger partial charge in [-0.05, 0) is 18.6 Å². The van der Waals surface area contributed by atoms with Crippen LogP contribution in [-0.4, -0.2) is 63.5 Å². The minimum absolute atomic E-state index is 0.136. The minimum Gasteiger partial charge on any atom is -0.481 e. The lowest BCUT2D eigenvalue weighted by atomic mass is 10.1. The molecule has 1 N–H and O–H groups in total. The second-order valence-electron chi connectivity index (χ2n) is 5.76. The highest BCUT2D eigenvalue weighted by Crippen LogP contribution is 2.27. The van der Waals surface area contributed by atoms with Gasteiger partial charge in [-0.2, -0.15) is 0 Å². The maximum atomic E-state index is 12.7. The van der Waals surface area contributed by atoms with Gasteiger partial charge >= 0.3 is 5.97 Å². The van der Waals surface area contributed by atoms with Crippen molar-refractivity contribution in [2.24, 2.45) is 5.92 Å². The van der Waals surface area contributed by atoms with Crippen LogP contribution in [0.15, 0.2) is 30.3 Å². The van der Waals surface area contributed by atoms with Gasteiger partial charge in [0, 0.05) is 24.4 Å². The smallest absolute Gasteiger partial charge is 0.308 e. The molecule has 2 aliphatic rings. The van der Waals surface area contributed by atoms with Gasteiger partial charge in [-0.3, -0.25) is 14.4 Å². The summed E-state index contributed by atoms with van der Waals surface area (Å²) in [4.78, 5) is 39.5. The normalized spacial score (nSPS) is 24.0. The average molecular weight is 334 g/mol. The van der Waals surface area contributed by atoms with E-state index in [1.807, 2.05) is 6.07 Å². The van der Waals surface area contributed by atoms with Gasteiger partial charge < -0.3 is 14.9 Å². The Morgan fingerprint density at radius 2 is 1.91 bits per heavy atom. The largest absolute Gasteiger partial charge is 0.481 e. The molecular formula is C16H18N2O4S. The van der Waals surface area contributed by atoms with Crippen molar-refractivity contribution < 1.29 is 19.5 Å². The first-order valence-corrected chi connectivity index (χ1v) is 8.68. The van der Waals surface area contributed by atoms with Gasteiger partial charge in [-0.1, -0.05) is 18.2 Å². The molecule has 6 nitrogen and oxygen atoms in total. The van der Waals surface area contributed by atoms with Crippen molar-refractivity contribution >= 4 is 29.5 Å². The first-order chi connectivity index (χ1) is 11.1. The van der Waals surface area contributed by atoms with Crippen molar-refractivity contribution in [2.45, 2.75) is 12.5 Å². The number of carbonyl (C=O) groups excluding carboxylic acids is 2. The van der Waals surface area contributed by atoms with Crippen LogP contribution in [0.5, 0.6) is 0 Å². The number of carbonyl (C=O) groups is 3. The number of likely N-dealkylation sites (tertiary alicyclic amines) is 1. The number of hydrogen-bond donors (Lipinski definition) is 1. The Bertz CT molecular complexity index is 622. The highest BCUT2D eigenvalue weighted by atomic mass is 32.2. The highest BCUT2D eigenvalue weighted by Gasteiger charge is 2.40. The maximum absolute atomic E-state index is 12.7. The fourth-order valence-corrected chi connectivity index (χ4v) is 4.11. The number of thioether (sulfide) groups is 1. The monoisotopic (exact) mass is 334 g/mol. The predicted octanol–water partition coefficient (Wildman–Crippen LogP) is 1.13. The van der Waals surface area contributed by atoms with Gasteiger partial charge in [0.2, 0.25) is 5.91 Å². The number of carboxylic acid groups (broad SMARTS) is 1. The first-order valence-electron chi connectivity index (χ1n) is 7.53. The minimum atomic E-state index is -0.863. The van der Waals surface area contributed by atoms with E-state index in [2.05, 4.69) is 0 Å². The number of aliphatic carboxylic acids is 1. The SMILES string of the molecule is O=C(O)C1CCN(C(=O)C2CSCN2C(=O)c2ccccc2)C1. The average Bonchev–Trinajstić information content (AvgIpc) is 3.23. The third kappa shape index (κ3) is 3.19. The molecule has 3 rings (SSSR count). The highest BCUT2D eigenvalue weighted by molar-refractivity contribution is 7.99. The molecule has 1 aromatic rings. The van der Waals surface area contributed by atoms with Crippen LogP contribution in [0.4, 0.5) is 0 Å². The van der Waals surface area contributed by atoms with Crippen molar-refractivity contribution in [1.82, 2.24) is 9.80 Å². The molecule has 2 heterocycles. The van der Waals surface area contributed by atoms with E-state index >= 15 is 0 Å². The van der Waals surface area contributed by atoms with E-state index in [0.29, 0.717) is 30.2 Å². The second-order valence-corrected chi connectivity index (χ2v) is 6.76. The third-order valence-electron chi connectivity index (χ3n) is 4.30. The van der Waals surface area contributed by atoms with Crippen molar-refractivity contribution in [1.29, 1.82) is 0 Å². The zero-order chi connectivity index (χ0) is 16.4. The summed E-state index contributed by atoms with van der Waals surface area (Å²) >= 11 is 1.55. The summed E-state index contributed by atoms with van der Waals surface area (Å²) in [6.07, 6.45) is 0.480. The molecule has 23 heavy (non-hydrogen) atoms. The summed E-state index contributed by atoms with van der Waals surface area (Å²) in [5, 5.41) is 9.06. The van der Waals surface area contributed by atoms with E-state index in [-0.39, 0.29) is 18.4 Å². The standard InChI is InChI=1S/C16H18N2O4S/c19-14(11-4-2-1-3-5-11)18-10-23-9-13(18)15(20)17-7-6-12(8-17)16(21)22/h1-5,12-13H,6-10H2,(H,21,22). The zero-order valence-corrected chi connectivity index (χ0v) is 13.4. The zero-order valence-electron chi connectivity index (χ0n) is 12.6. The van der Waals surface area contributed by atoms with Crippen LogP contribution in [-0.2, 0) is 9.59 Å². The Morgan fingerprint density at radius 3 is 2.57 bits per heavy atom. The molecule has 0 bridgehead atoms. The fourth-order valence-electron chi connectivity index (χ4n) is 2.97. The van der Waals surface area contributed by atoms with Crippen LogP contribution in [0, 0.1) is 5.92 Å². The number of nitrogens with zero attached hydrogens (tertiary/aromatic N) is 2.